The van der Waals surface area contributed by atoms with Crippen molar-refractivity contribution in [1.29, 1.82) is 0 Å². The lowest BCUT2D eigenvalue weighted by Gasteiger charge is -2.17. The van der Waals surface area contributed by atoms with Crippen LogP contribution in [0.1, 0.15) is 41.3 Å². The molecule has 2 aromatic carbocycles. The van der Waals surface area contributed by atoms with Crippen LogP contribution < -0.4 is 10.9 Å². The Kier molecular flexibility index (Phi) is 4.21. The normalized spacial score (nSPS) is 11.0. The van der Waals surface area contributed by atoms with Crippen molar-refractivity contribution in [2.75, 3.05) is 5.32 Å². The zero-order valence-corrected chi connectivity index (χ0v) is 14.0. The minimum atomic E-state index is -0.285. The molecule has 1 amide bonds. The highest BCUT2D eigenvalue weighted by Gasteiger charge is 2.16. The van der Waals surface area contributed by atoms with Crippen molar-refractivity contribution >= 4 is 22.5 Å². The Balaban J connectivity index is 2.08. The lowest BCUT2D eigenvalue weighted by Crippen LogP contribution is -2.18. The minimum absolute atomic E-state index is 0.270. The van der Waals surface area contributed by atoms with E-state index < -0.39 is 0 Å². The minimum Gasteiger partial charge on any atom is -0.322 e. The summed E-state index contributed by atoms with van der Waals surface area (Å²) in [4.78, 5) is 27.5. The van der Waals surface area contributed by atoms with Crippen LogP contribution in [0.3, 0.4) is 0 Å². The summed E-state index contributed by atoms with van der Waals surface area (Å²) in [7, 11) is 0. The number of hydrogen-bond donors (Lipinski definition) is 2. The molecule has 0 aliphatic heterocycles. The second kappa shape index (κ2) is 6.32. The third-order valence-electron chi connectivity index (χ3n) is 4.16. The average molecular weight is 320 g/mol. The number of carbonyl (C=O) groups is 1. The van der Waals surface area contributed by atoms with Gasteiger partial charge in [-0.3, -0.25) is 9.59 Å². The standard InChI is InChI=1S/C20H20N2O2/c1-12(2)14-9-6-7-13(3)19(14)22-20(24)16-11-18(23)21-17-10-5-4-8-15(16)17/h4-12H,1-3H3,(H,21,23)(H,22,24). The zero-order valence-electron chi connectivity index (χ0n) is 14.0. The molecule has 122 valence electrons. The number of aromatic amines is 1. The second-order valence-corrected chi connectivity index (χ2v) is 6.24. The topological polar surface area (TPSA) is 62.0 Å². The van der Waals surface area contributed by atoms with Gasteiger partial charge in [0, 0.05) is 22.7 Å². The molecule has 0 saturated heterocycles. The van der Waals surface area contributed by atoms with E-state index in [1.54, 1.807) is 6.07 Å². The van der Waals surface area contributed by atoms with E-state index in [4.69, 9.17) is 0 Å². The van der Waals surface area contributed by atoms with E-state index in [1.165, 1.54) is 6.07 Å². The maximum Gasteiger partial charge on any atom is 0.256 e. The number of benzene rings is 2. The van der Waals surface area contributed by atoms with Gasteiger partial charge in [-0.15, -0.1) is 0 Å². The van der Waals surface area contributed by atoms with Crippen molar-refractivity contribution in [3.63, 3.8) is 0 Å². The lowest BCUT2D eigenvalue weighted by atomic mass is 9.98. The largest absolute Gasteiger partial charge is 0.322 e. The average Bonchev–Trinajstić information content (AvgIpc) is 2.55. The maximum atomic E-state index is 12.8. The van der Waals surface area contributed by atoms with E-state index in [2.05, 4.69) is 24.1 Å². The highest BCUT2D eigenvalue weighted by molar-refractivity contribution is 6.12. The summed E-state index contributed by atoms with van der Waals surface area (Å²) in [6.07, 6.45) is 0. The molecule has 4 nitrogen and oxygen atoms in total. The van der Waals surface area contributed by atoms with Crippen molar-refractivity contribution in [2.24, 2.45) is 0 Å². The van der Waals surface area contributed by atoms with Gasteiger partial charge in [0.2, 0.25) is 5.56 Å². The Labute approximate surface area is 140 Å². The van der Waals surface area contributed by atoms with Gasteiger partial charge in [0.05, 0.1) is 5.56 Å². The Morgan fingerprint density at radius 3 is 2.58 bits per heavy atom. The molecular formula is C20H20N2O2. The summed E-state index contributed by atoms with van der Waals surface area (Å²) in [5.41, 5.74) is 3.66. The number of carbonyl (C=O) groups excluding carboxylic acids is 1. The Bertz CT molecular complexity index is 971. The number of rotatable bonds is 3. The summed E-state index contributed by atoms with van der Waals surface area (Å²) in [5, 5.41) is 3.73. The number of amides is 1. The number of fused-ring (bicyclic) bond motifs is 1. The Morgan fingerprint density at radius 2 is 1.83 bits per heavy atom. The Morgan fingerprint density at radius 1 is 1.08 bits per heavy atom. The molecule has 0 saturated carbocycles. The van der Waals surface area contributed by atoms with Crippen LogP contribution >= 0.6 is 0 Å². The fourth-order valence-corrected chi connectivity index (χ4v) is 2.92. The van der Waals surface area contributed by atoms with E-state index in [9.17, 15) is 9.59 Å². The molecule has 4 heteroatoms. The molecule has 3 rings (SSSR count). The van der Waals surface area contributed by atoms with Crippen molar-refractivity contribution < 1.29 is 4.79 Å². The van der Waals surface area contributed by atoms with Crippen LogP contribution in [0.15, 0.2) is 53.3 Å². The fourth-order valence-electron chi connectivity index (χ4n) is 2.92. The molecule has 3 aromatic rings. The van der Waals surface area contributed by atoms with E-state index in [0.29, 0.717) is 11.1 Å². The summed E-state index contributed by atoms with van der Waals surface area (Å²) in [6, 6.07) is 14.6. The molecular weight excluding hydrogens is 300 g/mol. The van der Waals surface area contributed by atoms with Crippen LogP contribution in [0.25, 0.3) is 10.9 Å². The van der Waals surface area contributed by atoms with Gasteiger partial charge in [-0.1, -0.05) is 50.2 Å². The zero-order chi connectivity index (χ0) is 17.3. The summed E-state index contributed by atoms with van der Waals surface area (Å²) >= 11 is 0. The smallest absolute Gasteiger partial charge is 0.256 e. The summed E-state index contributed by atoms with van der Waals surface area (Å²) < 4.78 is 0. The van der Waals surface area contributed by atoms with Gasteiger partial charge in [0.1, 0.15) is 0 Å². The van der Waals surface area contributed by atoms with Crippen LogP contribution in [0.2, 0.25) is 0 Å². The number of pyridine rings is 1. The molecule has 2 N–H and O–H groups in total. The van der Waals surface area contributed by atoms with Crippen molar-refractivity contribution in [2.45, 2.75) is 26.7 Å². The second-order valence-electron chi connectivity index (χ2n) is 6.24. The van der Waals surface area contributed by atoms with Gasteiger partial charge in [-0.05, 0) is 30.0 Å². The lowest BCUT2D eigenvalue weighted by molar-refractivity contribution is 0.102. The number of hydrogen-bond acceptors (Lipinski definition) is 2. The molecule has 0 radical (unpaired) electrons. The number of aryl methyl sites for hydroxylation is 1. The maximum absolute atomic E-state index is 12.8. The first kappa shape index (κ1) is 16.0. The van der Waals surface area contributed by atoms with Crippen LogP contribution in [0, 0.1) is 6.92 Å². The molecule has 0 atom stereocenters. The molecule has 1 heterocycles. The van der Waals surface area contributed by atoms with Crippen molar-refractivity contribution in [3.05, 3.63) is 75.6 Å². The van der Waals surface area contributed by atoms with Crippen LogP contribution in [0.5, 0.6) is 0 Å². The van der Waals surface area contributed by atoms with Crippen LogP contribution in [0.4, 0.5) is 5.69 Å². The van der Waals surface area contributed by atoms with Gasteiger partial charge >= 0.3 is 0 Å². The summed E-state index contributed by atoms with van der Waals surface area (Å²) in [5.74, 6) is 0.0182. The van der Waals surface area contributed by atoms with E-state index in [0.717, 1.165) is 22.2 Å². The van der Waals surface area contributed by atoms with E-state index in [1.807, 2.05) is 43.3 Å². The van der Waals surface area contributed by atoms with Gasteiger partial charge in [-0.25, -0.2) is 0 Å². The number of H-pyrrole nitrogens is 1. The van der Waals surface area contributed by atoms with Gasteiger partial charge < -0.3 is 10.3 Å². The molecule has 0 aliphatic carbocycles. The molecule has 0 bridgehead atoms. The van der Waals surface area contributed by atoms with Gasteiger partial charge in [0.15, 0.2) is 0 Å². The molecule has 24 heavy (non-hydrogen) atoms. The van der Waals surface area contributed by atoms with Crippen LogP contribution in [-0.2, 0) is 0 Å². The Hall–Kier alpha value is -2.88. The molecule has 0 aliphatic rings. The first-order valence-corrected chi connectivity index (χ1v) is 8.00. The van der Waals surface area contributed by atoms with Crippen molar-refractivity contribution in [3.8, 4) is 0 Å². The molecule has 1 aromatic heterocycles. The predicted octanol–water partition coefficient (Wildman–Crippen LogP) is 4.21. The third-order valence-corrected chi connectivity index (χ3v) is 4.16. The van der Waals surface area contributed by atoms with Crippen LogP contribution in [-0.4, -0.2) is 10.9 Å². The number of aromatic nitrogens is 1. The number of anilines is 1. The highest BCUT2D eigenvalue weighted by atomic mass is 16.2. The molecule has 0 unspecified atom stereocenters. The first-order chi connectivity index (χ1) is 11.5. The highest BCUT2D eigenvalue weighted by Crippen LogP contribution is 2.28. The number of para-hydroxylation sites is 2. The van der Waals surface area contributed by atoms with E-state index in [-0.39, 0.29) is 17.4 Å². The van der Waals surface area contributed by atoms with Gasteiger partial charge in [0.25, 0.3) is 5.91 Å². The quantitative estimate of drug-likeness (QED) is 0.759. The molecule has 0 fully saturated rings. The first-order valence-electron chi connectivity index (χ1n) is 8.00. The predicted molar refractivity (Wildman–Crippen MR) is 97.8 cm³/mol. The third kappa shape index (κ3) is 2.95. The van der Waals surface area contributed by atoms with Crippen molar-refractivity contribution in [1.82, 2.24) is 4.98 Å². The SMILES string of the molecule is Cc1cccc(C(C)C)c1NC(=O)c1cc(=O)[nH]c2ccccc12. The molecule has 0 spiro atoms. The summed E-state index contributed by atoms with van der Waals surface area (Å²) in [6.45, 7) is 6.15. The fraction of sp³-hybridized carbons (Fsp3) is 0.200. The monoisotopic (exact) mass is 320 g/mol. The van der Waals surface area contributed by atoms with Gasteiger partial charge in [-0.2, -0.15) is 0 Å². The van der Waals surface area contributed by atoms with E-state index >= 15 is 0 Å². The number of nitrogens with one attached hydrogen (secondary N) is 2.